The van der Waals surface area contributed by atoms with E-state index < -0.39 is 11.9 Å². The molecule has 0 aliphatic rings. The number of carbonyl (C=O) groups is 2. The van der Waals surface area contributed by atoms with Gasteiger partial charge in [-0.1, -0.05) is 41.6 Å². The Kier molecular flexibility index (Phi) is 6.60. The fraction of sp³-hybridized carbons (Fsp3) is 0.0435. The number of halogens is 2. The van der Waals surface area contributed by atoms with Gasteiger partial charge in [0.1, 0.15) is 15.3 Å². The summed E-state index contributed by atoms with van der Waals surface area (Å²) in [6.07, 6.45) is 1.54. The van der Waals surface area contributed by atoms with Crippen molar-refractivity contribution in [1.29, 1.82) is 0 Å². The summed E-state index contributed by atoms with van der Waals surface area (Å²) < 4.78 is 1.76. The maximum absolute atomic E-state index is 13.2. The Morgan fingerprint density at radius 3 is 2.64 bits per heavy atom. The zero-order chi connectivity index (χ0) is 23.5. The van der Waals surface area contributed by atoms with Crippen LogP contribution in [0.2, 0.25) is 5.02 Å². The van der Waals surface area contributed by atoms with E-state index in [2.05, 4.69) is 43.2 Å². The highest BCUT2D eigenvalue weighted by Crippen LogP contribution is 2.30. The van der Waals surface area contributed by atoms with Crippen LogP contribution in [0, 0.1) is 18.8 Å². The molecule has 10 heteroatoms. The molecule has 0 saturated heterocycles. The average molecular weight is 542 g/mol. The van der Waals surface area contributed by atoms with Gasteiger partial charge in [0.05, 0.1) is 15.5 Å². The second-order valence-electron chi connectivity index (χ2n) is 6.71. The predicted octanol–water partition coefficient (Wildman–Crippen LogP) is 5.40. The summed E-state index contributed by atoms with van der Waals surface area (Å²) in [6.45, 7) is 1.71. The Morgan fingerprint density at radius 2 is 1.94 bits per heavy atom. The number of carboxylic acids is 1. The van der Waals surface area contributed by atoms with Crippen molar-refractivity contribution in [2.45, 2.75) is 6.92 Å². The lowest BCUT2D eigenvalue weighted by Crippen LogP contribution is -2.19. The minimum Gasteiger partial charge on any atom is -0.478 e. The lowest BCUT2D eigenvalue weighted by Gasteiger charge is -2.09. The fourth-order valence-corrected chi connectivity index (χ4v) is 4.39. The van der Waals surface area contributed by atoms with Crippen LogP contribution in [0.3, 0.4) is 0 Å². The van der Waals surface area contributed by atoms with Crippen molar-refractivity contribution in [2.24, 2.45) is 0 Å². The van der Waals surface area contributed by atoms with Crippen LogP contribution in [0.1, 0.15) is 36.9 Å². The first-order valence-electron chi connectivity index (χ1n) is 9.46. The van der Waals surface area contributed by atoms with Crippen LogP contribution >= 0.6 is 38.9 Å². The highest BCUT2D eigenvalue weighted by molar-refractivity contribution is 9.10. The second kappa shape index (κ2) is 9.58. The number of thiophene rings is 1. The van der Waals surface area contributed by atoms with E-state index in [1.165, 1.54) is 16.9 Å². The van der Waals surface area contributed by atoms with Gasteiger partial charge in [0.15, 0.2) is 5.82 Å². The first kappa shape index (κ1) is 22.7. The minimum absolute atomic E-state index is 0.0515. The quantitative estimate of drug-likeness (QED) is 0.337. The van der Waals surface area contributed by atoms with Crippen molar-refractivity contribution < 1.29 is 14.7 Å². The molecule has 0 unspecified atom stereocenters. The third kappa shape index (κ3) is 4.83. The van der Waals surface area contributed by atoms with Gasteiger partial charge < -0.3 is 10.4 Å². The first-order valence-corrected chi connectivity index (χ1v) is 11.5. The number of nitrogens with zero attached hydrogens (tertiary/aromatic N) is 3. The molecule has 0 fully saturated rings. The molecular weight excluding hydrogens is 528 g/mol. The standard InChI is InChI=1S/C23H14BrClN4O3S/c1-13-18(29(28-19(13)24)20-17(25)8-5-11-26-20)21(30)27-22-16(23(31)32)12-15(33-22)10-9-14-6-3-2-4-7-14/h2-8,11-12H,1H3,(H,27,30)(H,31,32). The molecule has 0 bridgehead atoms. The molecule has 0 spiro atoms. The number of nitrogens with one attached hydrogen (secondary N) is 1. The van der Waals surface area contributed by atoms with Crippen molar-refractivity contribution in [2.75, 3.05) is 5.32 Å². The van der Waals surface area contributed by atoms with Crippen LogP contribution in [-0.4, -0.2) is 31.7 Å². The lowest BCUT2D eigenvalue weighted by atomic mass is 10.2. The number of carboxylic acid groups (broad SMARTS) is 1. The number of rotatable bonds is 4. The van der Waals surface area contributed by atoms with Gasteiger partial charge in [-0.15, -0.1) is 11.3 Å². The first-order chi connectivity index (χ1) is 15.8. The molecular formula is C23H14BrClN4O3S. The van der Waals surface area contributed by atoms with Gasteiger partial charge in [0, 0.05) is 17.3 Å². The molecule has 0 aliphatic heterocycles. The Hall–Kier alpha value is -3.45. The normalized spacial score (nSPS) is 10.4. The smallest absolute Gasteiger partial charge is 0.338 e. The summed E-state index contributed by atoms with van der Waals surface area (Å²) in [5.41, 5.74) is 1.46. The molecule has 0 aliphatic carbocycles. The van der Waals surface area contributed by atoms with E-state index >= 15 is 0 Å². The summed E-state index contributed by atoms with van der Waals surface area (Å²) in [7, 11) is 0. The summed E-state index contributed by atoms with van der Waals surface area (Å²) in [4.78, 5) is 29.7. The minimum atomic E-state index is -1.17. The number of benzene rings is 1. The highest BCUT2D eigenvalue weighted by atomic mass is 79.9. The third-order valence-corrected chi connectivity index (χ3v) is 6.53. The molecule has 3 aromatic heterocycles. The number of anilines is 1. The fourth-order valence-electron chi connectivity index (χ4n) is 2.94. The molecule has 2 N–H and O–H groups in total. The number of pyridine rings is 1. The van der Waals surface area contributed by atoms with Crippen LogP contribution in [0.15, 0.2) is 59.3 Å². The summed E-state index contributed by atoms with van der Waals surface area (Å²) in [6, 6.07) is 14.1. The topological polar surface area (TPSA) is 97.1 Å². The molecule has 1 amide bonds. The number of hydrogen-bond acceptors (Lipinski definition) is 5. The molecule has 0 radical (unpaired) electrons. The lowest BCUT2D eigenvalue weighted by molar-refractivity contribution is 0.0698. The van der Waals surface area contributed by atoms with Gasteiger partial charge in [-0.3, -0.25) is 4.79 Å². The van der Waals surface area contributed by atoms with E-state index in [9.17, 15) is 14.7 Å². The Morgan fingerprint density at radius 1 is 1.18 bits per heavy atom. The molecule has 0 atom stereocenters. The highest BCUT2D eigenvalue weighted by Gasteiger charge is 2.25. The molecule has 4 rings (SSSR count). The molecule has 3 heterocycles. The zero-order valence-corrected chi connectivity index (χ0v) is 20.1. The van der Waals surface area contributed by atoms with Crippen LogP contribution in [-0.2, 0) is 0 Å². The van der Waals surface area contributed by atoms with E-state index in [1.54, 1.807) is 19.1 Å². The third-order valence-electron chi connectivity index (χ3n) is 4.51. The number of amides is 1. The van der Waals surface area contributed by atoms with Crippen molar-refractivity contribution in [3.8, 4) is 17.7 Å². The largest absolute Gasteiger partial charge is 0.478 e. The number of aromatic carboxylic acids is 1. The van der Waals surface area contributed by atoms with Crippen LogP contribution in [0.4, 0.5) is 5.00 Å². The van der Waals surface area contributed by atoms with Gasteiger partial charge in [-0.05, 0) is 53.2 Å². The van der Waals surface area contributed by atoms with Crippen molar-refractivity contribution in [1.82, 2.24) is 14.8 Å². The van der Waals surface area contributed by atoms with Crippen LogP contribution in [0.5, 0.6) is 0 Å². The number of hydrogen-bond donors (Lipinski definition) is 2. The average Bonchev–Trinajstić information content (AvgIpc) is 3.34. The monoisotopic (exact) mass is 540 g/mol. The SMILES string of the molecule is Cc1c(Br)nn(-c2ncccc2Cl)c1C(=O)Nc1sc(C#Cc2ccccc2)cc1C(=O)O. The summed E-state index contributed by atoms with van der Waals surface area (Å²) in [5, 5.41) is 17.1. The maximum Gasteiger partial charge on any atom is 0.338 e. The van der Waals surface area contributed by atoms with Crippen molar-refractivity contribution in [3.63, 3.8) is 0 Å². The molecule has 7 nitrogen and oxygen atoms in total. The van der Waals surface area contributed by atoms with Crippen LogP contribution < -0.4 is 5.32 Å². The number of aromatic nitrogens is 3. The van der Waals surface area contributed by atoms with Gasteiger partial charge in [-0.2, -0.15) is 5.10 Å². The van der Waals surface area contributed by atoms with E-state index in [0.29, 0.717) is 20.1 Å². The van der Waals surface area contributed by atoms with Crippen LogP contribution in [0.25, 0.3) is 5.82 Å². The van der Waals surface area contributed by atoms with E-state index in [0.717, 1.165) is 16.9 Å². The summed E-state index contributed by atoms with van der Waals surface area (Å²) in [5.74, 6) is 4.48. The van der Waals surface area contributed by atoms with Gasteiger partial charge in [0.25, 0.3) is 5.91 Å². The van der Waals surface area contributed by atoms with Crippen molar-refractivity contribution >= 4 is 55.7 Å². The molecule has 0 saturated carbocycles. The Bertz CT molecular complexity index is 1440. The summed E-state index contributed by atoms with van der Waals surface area (Å²) >= 11 is 10.7. The molecule has 4 aromatic rings. The van der Waals surface area contributed by atoms with Gasteiger partial charge in [0.2, 0.25) is 0 Å². The van der Waals surface area contributed by atoms with Crippen molar-refractivity contribution in [3.05, 3.63) is 91.6 Å². The molecule has 1 aromatic carbocycles. The second-order valence-corrected chi connectivity index (χ2v) is 8.92. The Balaban J connectivity index is 1.70. The van der Waals surface area contributed by atoms with Gasteiger partial charge in [-0.25, -0.2) is 14.5 Å². The van der Waals surface area contributed by atoms with E-state index in [1.807, 2.05) is 30.3 Å². The molecule has 33 heavy (non-hydrogen) atoms. The zero-order valence-electron chi connectivity index (χ0n) is 17.0. The van der Waals surface area contributed by atoms with E-state index in [4.69, 9.17) is 11.6 Å². The Labute approximate surface area is 206 Å². The number of carbonyl (C=O) groups excluding carboxylic acids is 1. The van der Waals surface area contributed by atoms with E-state index in [-0.39, 0.29) is 22.1 Å². The maximum atomic E-state index is 13.2. The van der Waals surface area contributed by atoms with Gasteiger partial charge >= 0.3 is 5.97 Å². The predicted molar refractivity (Wildman–Crippen MR) is 130 cm³/mol. The molecule has 164 valence electrons.